The second kappa shape index (κ2) is 29.7. The van der Waals surface area contributed by atoms with Gasteiger partial charge in [0.1, 0.15) is 105 Å². The van der Waals surface area contributed by atoms with Crippen molar-refractivity contribution in [2.24, 2.45) is 7.05 Å². The van der Waals surface area contributed by atoms with Gasteiger partial charge >= 0.3 is 59.0 Å². The number of nitrogens with zero attached hydrogens (tertiary/aromatic N) is 13. The van der Waals surface area contributed by atoms with E-state index in [1.807, 2.05) is 4.98 Å². The highest BCUT2D eigenvalue weighted by Gasteiger charge is 2.61. The topological polar surface area (TPSA) is 651 Å². The van der Waals surface area contributed by atoms with Gasteiger partial charge in [-0.25, -0.2) is 43.8 Å². The third-order valence-corrected chi connectivity index (χ3v) is 23.0. The second-order valence-corrected chi connectivity index (χ2v) is 31.1. The minimum Gasteiger partial charge on any atom is -0.606 e. The lowest BCUT2D eigenvalue weighted by molar-refractivity contribution is -0.744. The van der Waals surface area contributed by atoms with Gasteiger partial charge in [0.2, 0.25) is 11.7 Å². The Labute approximate surface area is 584 Å². The van der Waals surface area contributed by atoms with Crippen LogP contribution in [0, 0.1) is 0 Å². The summed E-state index contributed by atoms with van der Waals surface area (Å²) >= 11 is 0. The largest absolute Gasteiger partial charge is 0.606 e. The van der Waals surface area contributed by atoms with Crippen molar-refractivity contribution in [2.45, 2.75) is 98.2 Å². The Bertz CT molecular complexity index is 4660. The average Bonchev–Trinajstić information content (AvgIpc) is 1.59. The Hall–Kier alpha value is -6.32. The van der Waals surface area contributed by atoms with Crippen LogP contribution in [0.3, 0.4) is 0 Å². The first kappa shape index (κ1) is 75.9. The number of rotatable bonds is 28. The number of imidazole rings is 3. The summed E-state index contributed by atoms with van der Waals surface area (Å²) in [6, 6.07) is 9.49. The molecular formula is C50H64BN17O31P5+. The molecule has 0 bridgehead atoms. The summed E-state index contributed by atoms with van der Waals surface area (Å²) in [6.45, 7) is -4.50. The Morgan fingerprint density at radius 1 is 0.673 bits per heavy atom. The van der Waals surface area contributed by atoms with Gasteiger partial charge in [-0.15, -0.1) is 0 Å². The third-order valence-electron chi connectivity index (χ3n) is 16.8. The summed E-state index contributed by atoms with van der Waals surface area (Å²) in [4.78, 5) is 185. The first-order chi connectivity index (χ1) is 49.2. The predicted octanol–water partition coefficient (Wildman–Crippen LogP) is -7.38. The molecule has 13 rings (SSSR count). The number of aryl methyl sites for hydroxylation is 1. The number of benzene rings is 1. The van der Waals surface area contributed by atoms with Gasteiger partial charge in [0.05, 0.1) is 26.3 Å². The summed E-state index contributed by atoms with van der Waals surface area (Å²) in [5, 5.41) is 22.0. The number of ether oxygens (including phenoxy) is 6. The molecule has 48 nitrogen and oxygen atoms in total. The highest BCUT2D eigenvalue weighted by molar-refractivity contribution is 7.71. The number of hydrogen-bond acceptors (Lipinski definition) is 40. The van der Waals surface area contributed by atoms with E-state index < -0.39 is 189 Å². The van der Waals surface area contributed by atoms with Gasteiger partial charge in [0.25, 0.3) is 17.1 Å². The summed E-state index contributed by atoms with van der Waals surface area (Å²) in [7, 11) is -23.6. The molecule has 104 heavy (non-hydrogen) atoms. The molecule has 0 amide bonds. The van der Waals surface area contributed by atoms with Gasteiger partial charge < -0.3 is 88.8 Å². The van der Waals surface area contributed by atoms with Gasteiger partial charge in [-0.1, -0.05) is 39.6 Å². The molecule has 1 aromatic carbocycles. The van der Waals surface area contributed by atoms with Gasteiger partial charge in [-0.05, 0) is 5.46 Å². The van der Waals surface area contributed by atoms with Gasteiger partial charge in [0.15, 0.2) is 60.1 Å². The number of anilines is 3. The van der Waals surface area contributed by atoms with Crippen LogP contribution in [0.15, 0.2) is 88.6 Å². The maximum atomic E-state index is 14.4. The Kier molecular flexibility index (Phi) is 21.7. The fourth-order valence-electron chi connectivity index (χ4n) is 12.2. The molecular weight excluding hydrogens is 1500 g/mol. The van der Waals surface area contributed by atoms with Crippen LogP contribution in [0.4, 0.5) is 17.6 Å². The maximum absolute atomic E-state index is 14.4. The molecule has 0 spiro atoms. The number of hydrogen-bond donors (Lipinski definition) is 11. The number of aliphatic hydroxyl groups excluding tert-OH is 2. The van der Waals surface area contributed by atoms with E-state index in [1.165, 1.54) is 30.9 Å². The van der Waals surface area contributed by atoms with E-state index in [1.54, 1.807) is 56.4 Å². The van der Waals surface area contributed by atoms with E-state index in [0.717, 1.165) is 50.0 Å². The summed E-state index contributed by atoms with van der Waals surface area (Å²) < 4.78 is 109. The fourth-order valence-corrected chi connectivity index (χ4v) is 17.6. The second-order valence-electron chi connectivity index (χ2n) is 23.7. The molecule has 0 saturated carbocycles. The zero-order chi connectivity index (χ0) is 74.3. The number of aromatic nitrogens is 14. The van der Waals surface area contributed by atoms with Crippen LogP contribution >= 0.6 is 40.5 Å². The molecule has 5 unspecified atom stereocenters. The summed E-state index contributed by atoms with van der Waals surface area (Å²) in [6.07, 6.45) is -18.8. The lowest BCUT2D eigenvalue weighted by atomic mass is 9.79. The van der Waals surface area contributed by atoms with Crippen molar-refractivity contribution < 1.29 is 137 Å². The Morgan fingerprint density at radius 3 is 1.80 bits per heavy atom. The van der Waals surface area contributed by atoms with E-state index >= 15 is 0 Å². The van der Waals surface area contributed by atoms with Gasteiger partial charge in [0, 0.05) is 44.9 Å². The van der Waals surface area contributed by atoms with E-state index in [-0.39, 0.29) is 51.1 Å². The molecule has 12 heterocycles. The van der Waals surface area contributed by atoms with Crippen molar-refractivity contribution in [1.82, 2.24) is 63.1 Å². The number of phosphoric ester groups is 4. The Balaban J connectivity index is 0.696. The quantitative estimate of drug-likeness (QED) is 0.0123. The van der Waals surface area contributed by atoms with Crippen LogP contribution in [0.1, 0.15) is 24.9 Å². The van der Waals surface area contributed by atoms with Crippen molar-refractivity contribution in [2.75, 3.05) is 71.1 Å². The smallest absolute Gasteiger partial charge is 0.511 e. The van der Waals surface area contributed by atoms with Crippen LogP contribution in [0.2, 0.25) is 0 Å². The number of nitrogens with one attached hydrogen (secondary N) is 2. The average molecular weight is 1560 g/mol. The van der Waals surface area contributed by atoms with E-state index in [2.05, 4.69) is 48.5 Å². The monoisotopic (exact) mass is 1560 g/mol. The SMILES string of the molecule is CO[C@@H]1[C@H](O[P+]([O-])(O)OC[C@H]2O[C@@H](n3cnc4c(N)ncnc43)[C@H](O)[C@@H]2O)[C@@H](CO[P+]([O-])(O)O[C@H]2[C@@H](OC)[C@H](n3cnc4c(N)ncnc43)O[C@@H]2CO[P+]([O-])(O)O[P+]([O-])(O)OP(=O)(O)OC[C@H]2O[C@@H]([n+]3cn(C)c4c(=O)[nH]c(N(C)C)nc43)[C@@H]3OB(c4ccccc4)O[C@@H]32)O[C@H]1n1ccc(=O)[nH]c1=O. The number of nitrogens with two attached hydrogens (primary N) is 2. The first-order valence-corrected chi connectivity index (χ1v) is 38.0. The van der Waals surface area contributed by atoms with E-state index in [9.17, 15) is 73.2 Å². The zero-order valence-electron chi connectivity index (χ0n) is 54.2. The predicted molar refractivity (Wildman–Crippen MR) is 340 cm³/mol. The number of methoxy groups -OCH3 is 2. The van der Waals surface area contributed by atoms with Crippen LogP contribution in [-0.2, 0) is 85.1 Å². The van der Waals surface area contributed by atoms with Crippen LogP contribution in [0.5, 0.6) is 0 Å². The number of aliphatic hydroxyl groups is 2. The normalized spacial score (nSPS) is 30.1. The van der Waals surface area contributed by atoms with Gasteiger partial charge in [-0.3, -0.25) is 42.3 Å². The van der Waals surface area contributed by atoms with Crippen LogP contribution in [0.25, 0.3) is 33.5 Å². The molecule has 0 radical (unpaired) electrons. The maximum Gasteiger partial charge on any atom is 0.511 e. The van der Waals surface area contributed by atoms with Crippen LogP contribution < -0.4 is 62.8 Å². The molecule has 5 aliphatic heterocycles. The van der Waals surface area contributed by atoms with Crippen LogP contribution in [-0.4, -0.2) is 233 Å². The van der Waals surface area contributed by atoms with Crippen molar-refractivity contribution in [3.05, 3.63) is 105 Å². The van der Waals surface area contributed by atoms with Crippen molar-refractivity contribution in [3.63, 3.8) is 0 Å². The fraction of sp³-hybridized carbons (Fsp3) is 0.500. The summed E-state index contributed by atoms with van der Waals surface area (Å²) in [5.74, 6) is 0.0175. The molecule has 8 aromatic rings. The number of nitrogen functional groups attached to an aromatic ring is 2. The minimum atomic E-state index is -6.30. The van der Waals surface area contributed by atoms with E-state index in [0.29, 0.717) is 5.46 Å². The standard InChI is InChI=1S/C50H63BN17O31P5/c1-63(2)49-61-43-30(44(72)62-49)64(3)21-68(43)48-38-33(94-51(95-38)22-9-7-6-8-10-22)24(91-48)14-88-102(78,79)98-104(82,83)99-103(80,81)89-16-26-35(37(85-5)47(93-26)67-20-59-29-40(53)55-18-57-42(29)67)97-101(76,77)87-15-25-34(36(84-4)46(92-25)65-12-11-27(69)60-50(65)73)96-100(74,75)86-13-23-31(70)32(71)45(90-23)66-19-58-28-39(52)54-17-56-41(28)66/h6-12,17-21,23-26,31-38,45-48,70-71H,13-16H2,1-5H3,(H10-,52,53,54,55,56,57,60,61,62,69,72,73,74,75,76,77,78,79,80,81,82,83)/p+1/t23-,24-,25-,26-,31-,32-,33-,34-,35-,36-,37-,38-,45-,46-,47-,48-/m1/s1. The molecule has 13 N–H and O–H groups in total. The molecule has 21 atom stereocenters. The first-order valence-electron chi connectivity index (χ1n) is 30.5. The lowest BCUT2D eigenvalue weighted by Gasteiger charge is -2.30. The highest BCUT2D eigenvalue weighted by atomic mass is 31.3. The molecule has 7 aromatic heterocycles. The van der Waals surface area contributed by atoms with E-state index in [4.69, 9.17) is 76.3 Å². The lowest BCUT2D eigenvalue weighted by Crippen LogP contribution is -2.46. The number of fused-ring (bicyclic) bond motifs is 4. The third kappa shape index (κ3) is 15.6. The number of aromatic amines is 2. The molecule has 5 aliphatic rings. The molecule has 562 valence electrons. The number of phosphoric acid groups is 5. The minimum absolute atomic E-state index is 0.00487. The van der Waals surface area contributed by atoms with Crippen molar-refractivity contribution >= 4 is 104 Å². The highest BCUT2D eigenvalue weighted by Crippen LogP contribution is 2.71. The zero-order valence-corrected chi connectivity index (χ0v) is 58.7. The van der Waals surface area contributed by atoms with Crippen molar-refractivity contribution in [1.29, 1.82) is 0 Å². The Morgan fingerprint density at radius 2 is 1.22 bits per heavy atom. The molecule has 0 aliphatic carbocycles. The molecule has 5 fully saturated rings. The van der Waals surface area contributed by atoms with Crippen molar-refractivity contribution in [3.8, 4) is 0 Å². The molecule has 54 heteroatoms. The molecule has 5 saturated heterocycles. The number of H-pyrrole nitrogens is 2. The van der Waals surface area contributed by atoms with Gasteiger partial charge in [-0.2, -0.15) is 42.2 Å². The summed E-state index contributed by atoms with van der Waals surface area (Å²) in [5.41, 5.74) is 10.4.